The Hall–Kier alpha value is -4.25. The van der Waals surface area contributed by atoms with Crippen molar-refractivity contribution in [3.8, 4) is 17.2 Å². The Balaban J connectivity index is 1.36. The topological polar surface area (TPSA) is 45.5 Å². The van der Waals surface area contributed by atoms with E-state index >= 15 is 0 Å². The van der Waals surface area contributed by atoms with Gasteiger partial charge in [0.2, 0.25) is 0 Å². The monoisotopic (exact) mass is 506 g/mol. The van der Waals surface area contributed by atoms with Crippen LogP contribution in [0.5, 0.6) is 17.2 Å². The molecule has 194 valence electrons. The van der Waals surface area contributed by atoms with E-state index in [2.05, 4.69) is 72.7 Å². The Labute approximate surface area is 224 Å². The zero-order chi connectivity index (χ0) is 26.5. The van der Waals surface area contributed by atoms with Crippen molar-refractivity contribution in [3.63, 3.8) is 0 Å². The van der Waals surface area contributed by atoms with Crippen molar-refractivity contribution in [2.45, 2.75) is 32.2 Å². The third-order valence-electron chi connectivity index (χ3n) is 7.03. The van der Waals surface area contributed by atoms with Crippen molar-refractivity contribution >= 4 is 21.8 Å². The summed E-state index contributed by atoms with van der Waals surface area (Å²) in [6.45, 7) is 7.43. The quantitative estimate of drug-likeness (QED) is 0.137. The predicted octanol–water partition coefficient (Wildman–Crippen LogP) is 7.56. The SMILES string of the molecule is C=CCc1ccc(OCCCn2c(C(C)c3ccc4cc(OC)ccc4c3)nc3ccccc32)c(OC)c1. The molecule has 1 atom stereocenters. The van der Waals surface area contributed by atoms with Crippen LogP contribution >= 0.6 is 0 Å². The Morgan fingerprint density at radius 1 is 0.895 bits per heavy atom. The molecule has 5 heteroatoms. The molecule has 0 amide bonds. The second-order valence-electron chi connectivity index (χ2n) is 9.48. The molecule has 1 heterocycles. The first kappa shape index (κ1) is 25.4. The van der Waals surface area contributed by atoms with Crippen LogP contribution in [0.1, 0.15) is 36.2 Å². The number of ether oxygens (including phenoxy) is 3. The first-order valence-corrected chi connectivity index (χ1v) is 13.0. The van der Waals surface area contributed by atoms with Crippen LogP contribution in [0.3, 0.4) is 0 Å². The highest BCUT2D eigenvalue weighted by Gasteiger charge is 2.19. The lowest BCUT2D eigenvalue weighted by Gasteiger charge is -2.17. The molecular weight excluding hydrogens is 472 g/mol. The fraction of sp³-hybridized carbons (Fsp3) is 0.242. The lowest BCUT2D eigenvalue weighted by molar-refractivity contribution is 0.282. The van der Waals surface area contributed by atoms with Gasteiger partial charge in [-0.2, -0.15) is 0 Å². The molecule has 0 spiro atoms. The van der Waals surface area contributed by atoms with Gasteiger partial charge in [-0.25, -0.2) is 4.98 Å². The lowest BCUT2D eigenvalue weighted by Crippen LogP contribution is -2.11. The molecule has 38 heavy (non-hydrogen) atoms. The Bertz CT molecular complexity index is 1570. The molecule has 4 aromatic carbocycles. The third-order valence-corrected chi connectivity index (χ3v) is 7.03. The molecule has 5 aromatic rings. The molecule has 1 unspecified atom stereocenters. The minimum atomic E-state index is 0.132. The van der Waals surface area contributed by atoms with Crippen LogP contribution in [-0.4, -0.2) is 30.4 Å². The molecule has 0 radical (unpaired) electrons. The second kappa shape index (κ2) is 11.4. The number of rotatable bonds is 11. The van der Waals surface area contributed by atoms with E-state index in [4.69, 9.17) is 19.2 Å². The first-order valence-electron chi connectivity index (χ1n) is 13.0. The van der Waals surface area contributed by atoms with Gasteiger partial charge in [0.15, 0.2) is 11.5 Å². The van der Waals surface area contributed by atoms with Crippen molar-refractivity contribution < 1.29 is 14.2 Å². The van der Waals surface area contributed by atoms with Gasteiger partial charge in [-0.3, -0.25) is 0 Å². The van der Waals surface area contributed by atoms with Gasteiger partial charge < -0.3 is 18.8 Å². The van der Waals surface area contributed by atoms with Crippen molar-refractivity contribution in [1.29, 1.82) is 0 Å². The minimum absolute atomic E-state index is 0.132. The number of benzene rings is 4. The molecule has 0 saturated carbocycles. The molecule has 0 bridgehead atoms. The zero-order valence-corrected chi connectivity index (χ0v) is 22.3. The molecule has 0 fully saturated rings. The fourth-order valence-electron chi connectivity index (χ4n) is 4.98. The number of imidazole rings is 1. The number of aryl methyl sites for hydroxylation is 1. The number of methoxy groups -OCH3 is 2. The third kappa shape index (κ3) is 5.23. The molecular formula is C33H34N2O3. The Morgan fingerprint density at radius 3 is 2.53 bits per heavy atom. The molecule has 0 aliphatic rings. The van der Waals surface area contributed by atoms with Gasteiger partial charge in [0.25, 0.3) is 0 Å². The zero-order valence-electron chi connectivity index (χ0n) is 22.3. The van der Waals surface area contributed by atoms with E-state index in [-0.39, 0.29) is 5.92 Å². The van der Waals surface area contributed by atoms with Gasteiger partial charge in [-0.1, -0.05) is 55.5 Å². The molecule has 0 aliphatic carbocycles. The van der Waals surface area contributed by atoms with Crippen LogP contribution in [0.4, 0.5) is 0 Å². The fourth-order valence-corrected chi connectivity index (χ4v) is 4.98. The summed E-state index contributed by atoms with van der Waals surface area (Å²) in [6.07, 6.45) is 3.53. The van der Waals surface area contributed by atoms with Gasteiger partial charge in [0.05, 0.1) is 31.9 Å². The number of nitrogens with zero attached hydrogens (tertiary/aromatic N) is 2. The van der Waals surface area contributed by atoms with Crippen molar-refractivity contribution in [3.05, 3.63) is 108 Å². The summed E-state index contributed by atoms with van der Waals surface area (Å²) >= 11 is 0. The van der Waals surface area contributed by atoms with Gasteiger partial charge in [-0.05, 0) is 71.1 Å². The largest absolute Gasteiger partial charge is 0.497 e. The van der Waals surface area contributed by atoms with E-state index in [9.17, 15) is 0 Å². The maximum absolute atomic E-state index is 6.13. The summed E-state index contributed by atoms with van der Waals surface area (Å²) in [6, 6.07) is 27.2. The average Bonchev–Trinajstić information content (AvgIpc) is 3.33. The lowest BCUT2D eigenvalue weighted by atomic mass is 9.97. The van der Waals surface area contributed by atoms with Gasteiger partial charge >= 0.3 is 0 Å². The summed E-state index contributed by atoms with van der Waals surface area (Å²) in [7, 11) is 3.37. The van der Waals surface area contributed by atoms with Gasteiger partial charge in [0, 0.05) is 12.5 Å². The van der Waals surface area contributed by atoms with Gasteiger partial charge in [0.1, 0.15) is 11.6 Å². The summed E-state index contributed by atoms with van der Waals surface area (Å²) in [5, 5.41) is 2.36. The molecule has 0 aliphatic heterocycles. The van der Waals surface area contributed by atoms with E-state index < -0.39 is 0 Å². The normalized spacial score (nSPS) is 12.0. The van der Waals surface area contributed by atoms with E-state index in [0.29, 0.717) is 6.61 Å². The maximum atomic E-state index is 6.13. The number of aromatic nitrogens is 2. The Kier molecular flexibility index (Phi) is 7.64. The molecule has 5 rings (SSSR count). The second-order valence-corrected chi connectivity index (χ2v) is 9.48. The minimum Gasteiger partial charge on any atom is -0.497 e. The average molecular weight is 507 g/mol. The van der Waals surface area contributed by atoms with E-state index in [1.54, 1.807) is 14.2 Å². The summed E-state index contributed by atoms with van der Waals surface area (Å²) in [5.41, 5.74) is 4.55. The van der Waals surface area contributed by atoms with E-state index in [1.807, 2.05) is 30.3 Å². The van der Waals surface area contributed by atoms with Crippen LogP contribution in [0.15, 0.2) is 91.5 Å². The van der Waals surface area contributed by atoms with Crippen molar-refractivity contribution in [2.75, 3.05) is 20.8 Å². The van der Waals surface area contributed by atoms with Crippen molar-refractivity contribution in [2.24, 2.45) is 0 Å². The van der Waals surface area contributed by atoms with Crippen molar-refractivity contribution in [1.82, 2.24) is 9.55 Å². The summed E-state index contributed by atoms with van der Waals surface area (Å²) < 4.78 is 19.4. The molecule has 1 aromatic heterocycles. The van der Waals surface area contributed by atoms with E-state index in [0.717, 1.165) is 59.1 Å². The molecule has 5 nitrogen and oxygen atoms in total. The van der Waals surface area contributed by atoms with Crippen LogP contribution in [0, 0.1) is 0 Å². The maximum Gasteiger partial charge on any atom is 0.161 e. The highest BCUT2D eigenvalue weighted by Crippen LogP contribution is 2.31. The van der Waals surface area contributed by atoms with Gasteiger partial charge in [-0.15, -0.1) is 6.58 Å². The van der Waals surface area contributed by atoms with Crippen LogP contribution in [0.25, 0.3) is 21.8 Å². The van der Waals surface area contributed by atoms with Crippen LogP contribution in [-0.2, 0) is 13.0 Å². The highest BCUT2D eigenvalue weighted by atomic mass is 16.5. The van der Waals surface area contributed by atoms with Crippen LogP contribution in [0.2, 0.25) is 0 Å². The first-order chi connectivity index (χ1) is 18.6. The smallest absolute Gasteiger partial charge is 0.161 e. The Morgan fingerprint density at radius 2 is 1.71 bits per heavy atom. The van der Waals surface area contributed by atoms with E-state index in [1.165, 1.54) is 16.3 Å². The number of hydrogen-bond donors (Lipinski definition) is 0. The highest BCUT2D eigenvalue weighted by molar-refractivity contribution is 5.85. The predicted molar refractivity (Wildman–Crippen MR) is 155 cm³/mol. The van der Waals surface area contributed by atoms with Crippen LogP contribution < -0.4 is 14.2 Å². The molecule has 0 saturated heterocycles. The molecule has 0 N–H and O–H groups in total. The standard InChI is InChI=1S/C33H34N2O3/c1-5-9-24-12-17-31(32(20-24)37-4)38-19-8-18-35-30-11-7-6-10-29(30)34-33(35)23(2)25-13-14-27-22-28(36-3)16-15-26(27)21-25/h5-7,10-17,20-23H,1,8-9,18-19H2,2-4H3. The summed E-state index contributed by atoms with van der Waals surface area (Å²) in [5.74, 6) is 3.57. The summed E-state index contributed by atoms with van der Waals surface area (Å²) in [4.78, 5) is 5.06. The number of allylic oxidation sites excluding steroid dienone is 1. The number of hydrogen-bond acceptors (Lipinski definition) is 4. The number of para-hydroxylation sites is 2. The number of fused-ring (bicyclic) bond motifs is 2.